The van der Waals surface area contributed by atoms with Crippen molar-refractivity contribution in [3.8, 4) is 11.5 Å². The van der Waals surface area contributed by atoms with Crippen LogP contribution in [0.5, 0.6) is 11.5 Å². The van der Waals surface area contributed by atoms with Gasteiger partial charge in [-0.1, -0.05) is 11.6 Å². The first-order chi connectivity index (χ1) is 8.99. The van der Waals surface area contributed by atoms with E-state index in [0.29, 0.717) is 16.3 Å². The molecule has 0 saturated carbocycles. The number of pyridine rings is 1. The highest BCUT2D eigenvalue weighted by molar-refractivity contribution is 6.33. The van der Waals surface area contributed by atoms with Crippen LogP contribution in [0, 0.1) is 0 Å². The summed E-state index contributed by atoms with van der Waals surface area (Å²) < 4.78 is 1.42. The molecule has 19 heavy (non-hydrogen) atoms. The maximum absolute atomic E-state index is 12.2. The SMILES string of the molecule is Cn1c(=O)c2cc(O)ccc2c2cc(Cl)c(O)cc21. The number of phenolic OH excluding ortho intramolecular Hbond substituents is 2. The third kappa shape index (κ3) is 1.64. The lowest BCUT2D eigenvalue weighted by Crippen LogP contribution is -2.17. The molecule has 0 atom stereocenters. The first-order valence-electron chi connectivity index (χ1n) is 5.63. The molecule has 3 rings (SSSR count). The van der Waals surface area contributed by atoms with Gasteiger partial charge in [0.25, 0.3) is 5.56 Å². The number of nitrogens with zero attached hydrogens (tertiary/aromatic N) is 1. The van der Waals surface area contributed by atoms with Crippen LogP contribution >= 0.6 is 11.6 Å². The van der Waals surface area contributed by atoms with Gasteiger partial charge < -0.3 is 14.8 Å². The molecule has 0 spiro atoms. The van der Waals surface area contributed by atoms with Gasteiger partial charge in [0.05, 0.1) is 15.9 Å². The van der Waals surface area contributed by atoms with E-state index in [0.717, 1.165) is 5.39 Å². The van der Waals surface area contributed by atoms with E-state index in [1.54, 1.807) is 19.2 Å². The number of aryl methyl sites for hydroxylation is 1. The fraction of sp³-hybridized carbons (Fsp3) is 0.0714. The first kappa shape index (κ1) is 11.9. The first-order valence-corrected chi connectivity index (χ1v) is 6.01. The van der Waals surface area contributed by atoms with Crippen LogP contribution < -0.4 is 5.56 Å². The number of phenols is 2. The van der Waals surface area contributed by atoms with Crippen LogP contribution in [0.4, 0.5) is 0 Å². The van der Waals surface area contributed by atoms with Gasteiger partial charge in [-0.2, -0.15) is 0 Å². The van der Waals surface area contributed by atoms with E-state index in [-0.39, 0.29) is 22.1 Å². The number of aromatic hydroxyl groups is 2. The Kier molecular flexibility index (Phi) is 2.43. The second kappa shape index (κ2) is 3.90. The minimum atomic E-state index is -0.236. The third-order valence-electron chi connectivity index (χ3n) is 3.25. The van der Waals surface area contributed by atoms with Gasteiger partial charge in [-0.15, -0.1) is 0 Å². The summed E-state index contributed by atoms with van der Waals surface area (Å²) in [5, 5.41) is 21.2. The monoisotopic (exact) mass is 275 g/mol. The van der Waals surface area contributed by atoms with Crippen molar-refractivity contribution in [3.05, 3.63) is 45.7 Å². The number of aromatic nitrogens is 1. The van der Waals surface area contributed by atoms with Crippen molar-refractivity contribution in [2.45, 2.75) is 0 Å². The normalized spacial score (nSPS) is 11.3. The van der Waals surface area contributed by atoms with E-state index in [9.17, 15) is 15.0 Å². The van der Waals surface area contributed by atoms with E-state index >= 15 is 0 Å². The summed E-state index contributed by atoms with van der Waals surface area (Å²) in [5.74, 6) is -0.0314. The Bertz CT molecular complexity index is 883. The Balaban J connectivity index is 2.67. The van der Waals surface area contributed by atoms with Gasteiger partial charge in [0.15, 0.2) is 0 Å². The van der Waals surface area contributed by atoms with Gasteiger partial charge in [-0.3, -0.25) is 4.79 Å². The van der Waals surface area contributed by atoms with E-state index in [4.69, 9.17) is 11.6 Å². The highest BCUT2D eigenvalue weighted by Gasteiger charge is 2.11. The fourth-order valence-electron chi connectivity index (χ4n) is 2.28. The van der Waals surface area contributed by atoms with Crippen molar-refractivity contribution in [2.75, 3.05) is 0 Å². The van der Waals surface area contributed by atoms with E-state index < -0.39 is 0 Å². The topological polar surface area (TPSA) is 62.5 Å². The molecule has 2 aromatic carbocycles. The van der Waals surface area contributed by atoms with Crippen LogP contribution in [-0.4, -0.2) is 14.8 Å². The zero-order valence-electron chi connectivity index (χ0n) is 10.0. The molecule has 0 radical (unpaired) electrons. The standard InChI is InChI=1S/C14H10ClNO3/c1-16-12-6-13(18)11(15)5-9(12)8-3-2-7(17)4-10(8)14(16)19/h2-6,17-18H,1H3. The van der Waals surface area contributed by atoms with Gasteiger partial charge in [-0.05, 0) is 29.7 Å². The fourth-order valence-corrected chi connectivity index (χ4v) is 2.44. The van der Waals surface area contributed by atoms with E-state index in [1.807, 2.05) is 0 Å². The molecule has 0 aliphatic rings. The Hall–Kier alpha value is -2.20. The summed E-state index contributed by atoms with van der Waals surface area (Å²) in [6.45, 7) is 0. The average molecular weight is 276 g/mol. The van der Waals surface area contributed by atoms with Crippen molar-refractivity contribution in [1.82, 2.24) is 4.57 Å². The Morgan fingerprint density at radius 2 is 1.79 bits per heavy atom. The molecule has 0 saturated heterocycles. The summed E-state index contributed by atoms with van der Waals surface area (Å²) in [5.41, 5.74) is 0.352. The van der Waals surface area contributed by atoms with Crippen molar-refractivity contribution >= 4 is 33.3 Å². The molecule has 0 unspecified atom stereocenters. The van der Waals surface area contributed by atoms with Crippen molar-refractivity contribution in [3.63, 3.8) is 0 Å². The largest absolute Gasteiger partial charge is 0.508 e. The Morgan fingerprint density at radius 3 is 2.53 bits per heavy atom. The quantitative estimate of drug-likeness (QED) is 0.620. The maximum Gasteiger partial charge on any atom is 0.258 e. The van der Waals surface area contributed by atoms with Crippen LogP contribution in [0.3, 0.4) is 0 Å². The Labute approximate surface area is 113 Å². The van der Waals surface area contributed by atoms with Crippen molar-refractivity contribution < 1.29 is 10.2 Å². The van der Waals surface area contributed by atoms with Crippen molar-refractivity contribution in [2.24, 2.45) is 7.05 Å². The van der Waals surface area contributed by atoms with Gasteiger partial charge in [0.2, 0.25) is 0 Å². The zero-order valence-corrected chi connectivity index (χ0v) is 10.8. The molecule has 0 bridgehead atoms. The summed E-state index contributed by atoms with van der Waals surface area (Å²) in [6.07, 6.45) is 0. The maximum atomic E-state index is 12.2. The number of fused-ring (bicyclic) bond motifs is 3. The second-order valence-electron chi connectivity index (χ2n) is 4.41. The minimum absolute atomic E-state index is 0.0359. The number of rotatable bonds is 0. The molecule has 0 fully saturated rings. The van der Waals surface area contributed by atoms with Gasteiger partial charge in [0, 0.05) is 18.5 Å². The van der Waals surface area contributed by atoms with Crippen LogP contribution in [0.2, 0.25) is 5.02 Å². The molecule has 5 heteroatoms. The van der Waals surface area contributed by atoms with Crippen LogP contribution in [-0.2, 0) is 7.05 Å². The molecule has 1 aromatic heterocycles. The summed E-state index contributed by atoms with van der Waals surface area (Å²) >= 11 is 5.92. The molecule has 0 aliphatic carbocycles. The number of hydrogen-bond acceptors (Lipinski definition) is 3. The van der Waals surface area contributed by atoms with E-state index in [2.05, 4.69) is 0 Å². The lowest BCUT2D eigenvalue weighted by atomic mass is 10.1. The van der Waals surface area contributed by atoms with Gasteiger partial charge in [0.1, 0.15) is 11.5 Å². The molecule has 2 N–H and O–H groups in total. The highest BCUT2D eigenvalue weighted by atomic mass is 35.5. The van der Waals surface area contributed by atoms with Crippen molar-refractivity contribution in [1.29, 1.82) is 0 Å². The smallest absolute Gasteiger partial charge is 0.258 e. The van der Waals surface area contributed by atoms with Crippen LogP contribution in [0.15, 0.2) is 35.1 Å². The molecule has 0 amide bonds. The minimum Gasteiger partial charge on any atom is -0.508 e. The number of halogens is 1. The molecular formula is C14H10ClNO3. The lowest BCUT2D eigenvalue weighted by molar-refractivity contribution is 0.475. The molecular weight excluding hydrogens is 266 g/mol. The predicted octanol–water partition coefficient (Wildman–Crippen LogP) is 2.76. The third-order valence-corrected chi connectivity index (χ3v) is 3.56. The summed E-state index contributed by atoms with van der Waals surface area (Å²) in [6, 6.07) is 7.69. The Morgan fingerprint density at radius 1 is 1.05 bits per heavy atom. The van der Waals surface area contributed by atoms with Crippen LogP contribution in [0.25, 0.3) is 21.7 Å². The molecule has 96 valence electrons. The zero-order chi connectivity index (χ0) is 13.7. The van der Waals surface area contributed by atoms with Crippen LogP contribution in [0.1, 0.15) is 0 Å². The molecule has 3 aromatic rings. The van der Waals surface area contributed by atoms with Gasteiger partial charge in [-0.25, -0.2) is 0 Å². The predicted molar refractivity (Wildman–Crippen MR) is 75.0 cm³/mol. The summed E-state index contributed by atoms with van der Waals surface area (Å²) in [4.78, 5) is 12.2. The lowest BCUT2D eigenvalue weighted by Gasteiger charge is -2.10. The number of hydrogen-bond donors (Lipinski definition) is 2. The van der Waals surface area contributed by atoms with Gasteiger partial charge >= 0.3 is 0 Å². The second-order valence-corrected chi connectivity index (χ2v) is 4.82. The van der Waals surface area contributed by atoms with E-state index in [1.165, 1.54) is 22.8 Å². The average Bonchev–Trinajstić information content (AvgIpc) is 2.38. The molecule has 0 aliphatic heterocycles. The number of benzene rings is 2. The molecule has 1 heterocycles. The highest BCUT2D eigenvalue weighted by Crippen LogP contribution is 2.32. The molecule has 4 nitrogen and oxygen atoms in total. The summed E-state index contributed by atoms with van der Waals surface area (Å²) in [7, 11) is 1.61.